The molecular weight excluding hydrogens is 226 g/mol. The summed E-state index contributed by atoms with van der Waals surface area (Å²) in [5.74, 6) is 0.852. The van der Waals surface area contributed by atoms with Crippen LogP contribution in [0.25, 0.3) is 11.4 Å². The molecule has 0 aromatic carbocycles. The molecule has 0 atom stereocenters. The largest absolute Gasteiger partial charge is 0.300 e. The van der Waals surface area contributed by atoms with Gasteiger partial charge in [-0.15, -0.1) is 0 Å². The van der Waals surface area contributed by atoms with E-state index in [9.17, 15) is 4.79 Å². The van der Waals surface area contributed by atoms with E-state index in [-0.39, 0.29) is 5.78 Å². The Balaban J connectivity index is 2.29. The smallest absolute Gasteiger partial charge is 0.130 e. The van der Waals surface area contributed by atoms with Crippen molar-refractivity contribution in [2.45, 2.75) is 26.7 Å². The van der Waals surface area contributed by atoms with Crippen molar-refractivity contribution >= 4 is 5.78 Å². The molecule has 2 aromatic heterocycles. The van der Waals surface area contributed by atoms with Crippen molar-refractivity contribution in [3.05, 3.63) is 42.0 Å². The maximum absolute atomic E-state index is 11.0. The Kier molecular flexibility index (Phi) is 3.77. The van der Waals surface area contributed by atoms with Gasteiger partial charge >= 0.3 is 0 Å². The molecule has 18 heavy (non-hydrogen) atoms. The SMILES string of the molecule is CC(=O)CCc1nc(C)cc(-c2ccccn2)n1. The molecule has 0 bridgehead atoms. The minimum absolute atomic E-state index is 0.152. The summed E-state index contributed by atoms with van der Waals surface area (Å²) >= 11 is 0. The maximum Gasteiger partial charge on any atom is 0.130 e. The van der Waals surface area contributed by atoms with Gasteiger partial charge in [-0.25, -0.2) is 9.97 Å². The van der Waals surface area contributed by atoms with Crippen LogP contribution in [-0.2, 0) is 11.2 Å². The fourth-order valence-electron chi connectivity index (χ4n) is 1.68. The molecule has 0 aliphatic rings. The van der Waals surface area contributed by atoms with Crippen LogP contribution >= 0.6 is 0 Å². The van der Waals surface area contributed by atoms with Gasteiger partial charge in [-0.1, -0.05) is 6.07 Å². The first-order chi connectivity index (χ1) is 8.65. The number of carbonyl (C=O) groups excluding carboxylic acids is 1. The average Bonchev–Trinajstić information content (AvgIpc) is 2.37. The Hall–Kier alpha value is -2.10. The molecule has 0 amide bonds. The van der Waals surface area contributed by atoms with E-state index in [2.05, 4.69) is 15.0 Å². The fourth-order valence-corrected chi connectivity index (χ4v) is 1.68. The van der Waals surface area contributed by atoms with Crippen molar-refractivity contribution in [2.75, 3.05) is 0 Å². The minimum atomic E-state index is 0.152. The van der Waals surface area contributed by atoms with Gasteiger partial charge in [-0.2, -0.15) is 0 Å². The number of aryl methyl sites for hydroxylation is 2. The van der Waals surface area contributed by atoms with Gasteiger partial charge in [0, 0.05) is 24.7 Å². The lowest BCUT2D eigenvalue weighted by Crippen LogP contribution is -2.02. The van der Waals surface area contributed by atoms with E-state index in [1.54, 1.807) is 13.1 Å². The summed E-state index contributed by atoms with van der Waals surface area (Å²) in [7, 11) is 0. The number of nitrogens with zero attached hydrogens (tertiary/aromatic N) is 3. The van der Waals surface area contributed by atoms with Gasteiger partial charge in [0.15, 0.2) is 0 Å². The van der Waals surface area contributed by atoms with Gasteiger partial charge in [0.2, 0.25) is 0 Å². The van der Waals surface area contributed by atoms with Crippen molar-refractivity contribution in [3.63, 3.8) is 0 Å². The molecule has 0 saturated heterocycles. The summed E-state index contributed by atoms with van der Waals surface area (Å²) in [6, 6.07) is 7.61. The van der Waals surface area contributed by atoms with Gasteiger partial charge in [-0.3, -0.25) is 4.98 Å². The Bertz CT molecular complexity index is 552. The van der Waals surface area contributed by atoms with Crippen LogP contribution in [0, 0.1) is 6.92 Å². The third kappa shape index (κ3) is 3.20. The molecule has 4 nitrogen and oxygen atoms in total. The number of ketones is 1. The van der Waals surface area contributed by atoms with Crippen molar-refractivity contribution in [2.24, 2.45) is 0 Å². The normalized spacial score (nSPS) is 10.3. The highest BCUT2D eigenvalue weighted by Crippen LogP contribution is 2.15. The van der Waals surface area contributed by atoms with E-state index < -0.39 is 0 Å². The van der Waals surface area contributed by atoms with E-state index in [0.717, 1.165) is 17.1 Å². The Morgan fingerprint density at radius 2 is 2.06 bits per heavy atom. The molecule has 0 aliphatic carbocycles. The van der Waals surface area contributed by atoms with Crippen LogP contribution in [0.4, 0.5) is 0 Å². The van der Waals surface area contributed by atoms with Crippen LogP contribution < -0.4 is 0 Å². The van der Waals surface area contributed by atoms with E-state index in [1.807, 2.05) is 31.2 Å². The van der Waals surface area contributed by atoms with Crippen molar-refractivity contribution in [1.29, 1.82) is 0 Å². The van der Waals surface area contributed by atoms with E-state index in [1.165, 1.54) is 0 Å². The Labute approximate surface area is 106 Å². The van der Waals surface area contributed by atoms with E-state index >= 15 is 0 Å². The van der Waals surface area contributed by atoms with Crippen molar-refractivity contribution in [3.8, 4) is 11.4 Å². The second-order valence-corrected chi connectivity index (χ2v) is 4.23. The molecular formula is C14H15N3O. The first kappa shape index (κ1) is 12.4. The summed E-state index contributed by atoms with van der Waals surface area (Å²) in [5.41, 5.74) is 2.53. The molecule has 0 aliphatic heterocycles. The first-order valence-electron chi connectivity index (χ1n) is 5.90. The maximum atomic E-state index is 11.0. The summed E-state index contributed by atoms with van der Waals surface area (Å²) in [5, 5.41) is 0. The number of carbonyl (C=O) groups is 1. The summed E-state index contributed by atoms with van der Waals surface area (Å²) in [6.07, 6.45) is 2.80. The summed E-state index contributed by atoms with van der Waals surface area (Å²) in [6.45, 7) is 3.50. The average molecular weight is 241 g/mol. The highest BCUT2D eigenvalue weighted by Gasteiger charge is 2.06. The zero-order chi connectivity index (χ0) is 13.0. The molecule has 92 valence electrons. The molecule has 0 saturated carbocycles. The molecule has 2 aromatic rings. The summed E-state index contributed by atoms with van der Waals surface area (Å²) < 4.78 is 0. The highest BCUT2D eigenvalue weighted by molar-refractivity contribution is 5.75. The Morgan fingerprint density at radius 1 is 1.22 bits per heavy atom. The van der Waals surface area contributed by atoms with Gasteiger partial charge in [-0.05, 0) is 32.0 Å². The van der Waals surface area contributed by atoms with Crippen LogP contribution in [0.5, 0.6) is 0 Å². The molecule has 0 radical (unpaired) electrons. The molecule has 0 N–H and O–H groups in total. The molecule has 0 spiro atoms. The molecule has 2 heterocycles. The lowest BCUT2D eigenvalue weighted by molar-refractivity contribution is -0.117. The lowest BCUT2D eigenvalue weighted by atomic mass is 10.2. The van der Waals surface area contributed by atoms with Crippen LogP contribution in [0.2, 0.25) is 0 Å². The van der Waals surface area contributed by atoms with Gasteiger partial charge in [0.05, 0.1) is 11.4 Å². The number of aromatic nitrogens is 3. The van der Waals surface area contributed by atoms with E-state index in [0.29, 0.717) is 18.7 Å². The first-order valence-corrected chi connectivity index (χ1v) is 5.90. The fraction of sp³-hybridized carbons (Fsp3) is 0.286. The van der Waals surface area contributed by atoms with Gasteiger partial charge in [0.1, 0.15) is 11.6 Å². The van der Waals surface area contributed by atoms with Gasteiger partial charge < -0.3 is 4.79 Å². The highest BCUT2D eigenvalue weighted by atomic mass is 16.1. The van der Waals surface area contributed by atoms with Crippen molar-refractivity contribution in [1.82, 2.24) is 15.0 Å². The van der Waals surface area contributed by atoms with Crippen LogP contribution in [0.15, 0.2) is 30.5 Å². The Morgan fingerprint density at radius 3 is 2.72 bits per heavy atom. The third-order valence-corrected chi connectivity index (χ3v) is 2.53. The molecule has 0 fully saturated rings. The van der Waals surface area contributed by atoms with Crippen LogP contribution in [0.3, 0.4) is 0 Å². The minimum Gasteiger partial charge on any atom is -0.300 e. The lowest BCUT2D eigenvalue weighted by Gasteiger charge is -2.04. The number of hydrogen-bond donors (Lipinski definition) is 0. The monoisotopic (exact) mass is 241 g/mol. The summed E-state index contributed by atoms with van der Waals surface area (Å²) in [4.78, 5) is 24.0. The zero-order valence-corrected chi connectivity index (χ0v) is 10.6. The number of hydrogen-bond acceptors (Lipinski definition) is 4. The van der Waals surface area contributed by atoms with Crippen molar-refractivity contribution < 1.29 is 4.79 Å². The number of pyridine rings is 1. The third-order valence-electron chi connectivity index (χ3n) is 2.53. The van der Waals surface area contributed by atoms with E-state index in [4.69, 9.17) is 0 Å². The zero-order valence-electron chi connectivity index (χ0n) is 10.6. The predicted octanol–water partition coefficient (Wildman–Crippen LogP) is 2.37. The van der Waals surface area contributed by atoms with Crippen LogP contribution in [0.1, 0.15) is 24.9 Å². The molecule has 2 rings (SSSR count). The molecule has 4 heteroatoms. The van der Waals surface area contributed by atoms with Gasteiger partial charge in [0.25, 0.3) is 0 Å². The predicted molar refractivity (Wildman–Crippen MR) is 69.0 cm³/mol. The topological polar surface area (TPSA) is 55.7 Å². The second-order valence-electron chi connectivity index (χ2n) is 4.23. The number of Topliss-reactive ketones (excluding diaryl/α,β-unsaturated/α-hetero) is 1. The molecule has 0 unspecified atom stereocenters. The quantitative estimate of drug-likeness (QED) is 0.824. The standard InChI is InChI=1S/C14H15N3O/c1-10-9-13(12-5-3-4-8-15-12)17-14(16-10)7-6-11(2)18/h3-5,8-9H,6-7H2,1-2H3. The van der Waals surface area contributed by atoms with Crippen LogP contribution in [-0.4, -0.2) is 20.7 Å². The number of rotatable bonds is 4. The second kappa shape index (κ2) is 5.49.